The van der Waals surface area contributed by atoms with Crippen molar-refractivity contribution in [2.24, 2.45) is 0 Å². The number of hydrogen-bond donors (Lipinski definition) is 2. The van der Waals surface area contributed by atoms with Gasteiger partial charge in [0.15, 0.2) is 0 Å². The van der Waals surface area contributed by atoms with Gasteiger partial charge in [-0.2, -0.15) is 0 Å². The quantitative estimate of drug-likeness (QED) is 0.621. The number of aromatic nitrogens is 3. The van der Waals surface area contributed by atoms with Crippen LogP contribution in [0.5, 0.6) is 0 Å². The fraction of sp³-hybridized carbons (Fsp3) is 0.250. The molecule has 0 radical (unpaired) electrons. The van der Waals surface area contributed by atoms with Crippen molar-refractivity contribution in [3.63, 3.8) is 0 Å². The highest BCUT2D eigenvalue weighted by atomic mass is 16.1. The summed E-state index contributed by atoms with van der Waals surface area (Å²) in [5.74, 6) is 0.527. The van der Waals surface area contributed by atoms with Crippen molar-refractivity contribution in [1.82, 2.24) is 15.0 Å². The van der Waals surface area contributed by atoms with Crippen LogP contribution in [-0.4, -0.2) is 21.5 Å². The highest BCUT2D eigenvalue weighted by molar-refractivity contribution is 5.27. The van der Waals surface area contributed by atoms with Gasteiger partial charge in [-0.15, -0.1) is 0 Å². The second kappa shape index (κ2) is 8.78. The maximum Gasteiger partial charge on any atom is 0.255 e. The van der Waals surface area contributed by atoms with Crippen LogP contribution >= 0.6 is 0 Å². The van der Waals surface area contributed by atoms with E-state index in [4.69, 9.17) is 0 Å². The molecule has 0 fully saturated rings. The number of pyridine rings is 1. The first kappa shape index (κ1) is 16.9. The fourth-order valence-corrected chi connectivity index (χ4v) is 2.67. The van der Waals surface area contributed by atoms with Crippen LogP contribution in [0.15, 0.2) is 65.8 Å². The van der Waals surface area contributed by atoms with Crippen molar-refractivity contribution in [2.45, 2.75) is 25.7 Å². The Morgan fingerprint density at radius 3 is 2.56 bits per heavy atom. The lowest BCUT2D eigenvalue weighted by Crippen LogP contribution is -2.17. The Hall–Kier alpha value is -2.95. The number of aromatic amines is 1. The lowest BCUT2D eigenvalue weighted by Gasteiger charge is -2.06. The number of rotatable bonds is 8. The van der Waals surface area contributed by atoms with Gasteiger partial charge in [0.05, 0.1) is 0 Å². The maximum atomic E-state index is 12.2. The number of nitrogens with one attached hydrogen (secondary N) is 2. The molecule has 0 saturated heterocycles. The lowest BCUT2D eigenvalue weighted by molar-refractivity contribution is 0.758. The fourth-order valence-electron chi connectivity index (χ4n) is 2.67. The summed E-state index contributed by atoms with van der Waals surface area (Å²) in [7, 11) is 0. The predicted octanol–water partition coefficient (Wildman–Crippen LogP) is 3.19. The molecule has 0 aliphatic heterocycles. The summed E-state index contributed by atoms with van der Waals surface area (Å²) in [6, 6.07) is 14.3. The van der Waals surface area contributed by atoms with Crippen LogP contribution in [0.1, 0.15) is 29.5 Å². The standard InChI is InChI=1S/C20H22N4O/c25-19-18(13-17-10-6-11-21-14-17)15-23-20(24-19)22-12-5-4-9-16-7-2-1-3-8-16/h1-3,6-8,10-11,14-15H,4-5,9,12-13H2,(H2,22,23,24,25). The zero-order chi connectivity index (χ0) is 17.3. The molecule has 128 valence electrons. The molecule has 0 aliphatic rings. The summed E-state index contributed by atoms with van der Waals surface area (Å²) in [6.45, 7) is 0.789. The topological polar surface area (TPSA) is 70.7 Å². The van der Waals surface area contributed by atoms with Gasteiger partial charge in [0.2, 0.25) is 5.95 Å². The molecule has 0 aliphatic carbocycles. The minimum atomic E-state index is -0.106. The highest BCUT2D eigenvalue weighted by Crippen LogP contribution is 2.06. The zero-order valence-electron chi connectivity index (χ0n) is 14.1. The summed E-state index contributed by atoms with van der Waals surface area (Å²) in [6.07, 6.45) is 8.84. The zero-order valence-corrected chi connectivity index (χ0v) is 14.1. The van der Waals surface area contributed by atoms with Gasteiger partial charge < -0.3 is 5.32 Å². The number of anilines is 1. The third kappa shape index (κ3) is 5.28. The Bertz CT molecular complexity index is 831. The molecule has 0 saturated carbocycles. The lowest BCUT2D eigenvalue weighted by atomic mass is 10.1. The van der Waals surface area contributed by atoms with Crippen LogP contribution in [0.2, 0.25) is 0 Å². The van der Waals surface area contributed by atoms with E-state index in [1.54, 1.807) is 18.6 Å². The van der Waals surface area contributed by atoms with Crippen LogP contribution in [-0.2, 0) is 12.8 Å². The molecular weight excluding hydrogens is 312 g/mol. The molecule has 3 rings (SSSR count). The van der Waals surface area contributed by atoms with E-state index >= 15 is 0 Å². The summed E-state index contributed by atoms with van der Waals surface area (Å²) >= 11 is 0. The first-order valence-corrected chi connectivity index (χ1v) is 8.56. The number of nitrogens with zero attached hydrogens (tertiary/aromatic N) is 2. The third-order valence-electron chi connectivity index (χ3n) is 4.02. The van der Waals surface area contributed by atoms with Crippen molar-refractivity contribution in [3.05, 3.63) is 88.1 Å². The van der Waals surface area contributed by atoms with Crippen molar-refractivity contribution < 1.29 is 0 Å². The van der Waals surface area contributed by atoms with E-state index in [1.165, 1.54) is 5.56 Å². The van der Waals surface area contributed by atoms with E-state index in [1.807, 2.05) is 18.2 Å². The highest BCUT2D eigenvalue weighted by Gasteiger charge is 2.04. The minimum Gasteiger partial charge on any atom is -0.356 e. The third-order valence-corrected chi connectivity index (χ3v) is 4.02. The van der Waals surface area contributed by atoms with E-state index in [-0.39, 0.29) is 5.56 Å². The Labute approximate surface area is 147 Å². The van der Waals surface area contributed by atoms with E-state index < -0.39 is 0 Å². The van der Waals surface area contributed by atoms with Gasteiger partial charge in [-0.05, 0) is 36.5 Å². The molecule has 5 nitrogen and oxygen atoms in total. The summed E-state index contributed by atoms with van der Waals surface area (Å²) < 4.78 is 0. The van der Waals surface area contributed by atoms with Gasteiger partial charge in [0, 0.05) is 37.1 Å². The Morgan fingerprint density at radius 1 is 0.960 bits per heavy atom. The van der Waals surface area contributed by atoms with E-state index in [0.717, 1.165) is 31.4 Å². The Balaban J connectivity index is 1.45. The monoisotopic (exact) mass is 334 g/mol. The molecule has 5 heteroatoms. The van der Waals surface area contributed by atoms with Crippen LogP contribution < -0.4 is 10.9 Å². The van der Waals surface area contributed by atoms with Gasteiger partial charge in [-0.25, -0.2) is 4.98 Å². The minimum absolute atomic E-state index is 0.106. The van der Waals surface area contributed by atoms with Gasteiger partial charge in [0.25, 0.3) is 5.56 Å². The molecular formula is C20H22N4O. The first-order chi connectivity index (χ1) is 12.3. The number of hydrogen-bond acceptors (Lipinski definition) is 4. The smallest absolute Gasteiger partial charge is 0.255 e. The van der Waals surface area contributed by atoms with Gasteiger partial charge in [-0.1, -0.05) is 36.4 Å². The maximum absolute atomic E-state index is 12.2. The second-order valence-corrected chi connectivity index (χ2v) is 5.99. The van der Waals surface area contributed by atoms with Crippen molar-refractivity contribution >= 4 is 5.95 Å². The summed E-state index contributed by atoms with van der Waals surface area (Å²) in [5.41, 5.74) is 2.89. The van der Waals surface area contributed by atoms with Crippen molar-refractivity contribution in [3.8, 4) is 0 Å². The van der Waals surface area contributed by atoms with Crippen LogP contribution in [0, 0.1) is 0 Å². The number of H-pyrrole nitrogens is 1. The first-order valence-electron chi connectivity index (χ1n) is 8.56. The van der Waals surface area contributed by atoms with Crippen LogP contribution in [0.4, 0.5) is 5.95 Å². The summed E-state index contributed by atoms with van der Waals surface area (Å²) in [4.78, 5) is 23.3. The van der Waals surface area contributed by atoms with Crippen molar-refractivity contribution in [2.75, 3.05) is 11.9 Å². The average Bonchev–Trinajstić information content (AvgIpc) is 2.65. The van der Waals surface area contributed by atoms with Gasteiger partial charge in [-0.3, -0.25) is 14.8 Å². The molecule has 0 unspecified atom stereocenters. The molecule has 1 aromatic carbocycles. The molecule has 0 bridgehead atoms. The molecule has 0 spiro atoms. The normalized spacial score (nSPS) is 10.6. The van der Waals surface area contributed by atoms with Crippen molar-refractivity contribution in [1.29, 1.82) is 0 Å². The average molecular weight is 334 g/mol. The molecule has 2 N–H and O–H groups in total. The van der Waals surface area contributed by atoms with Gasteiger partial charge >= 0.3 is 0 Å². The molecule has 2 aromatic heterocycles. The van der Waals surface area contributed by atoms with E-state index in [0.29, 0.717) is 17.9 Å². The number of unbranched alkanes of at least 4 members (excludes halogenated alkanes) is 1. The van der Waals surface area contributed by atoms with E-state index in [9.17, 15) is 4.79 Å². The van der Waals surface area contributed by atoms with Crippen LogP contribution in [0.25, 0.3) is 0 Å². The molecule has 25 heavy (non-hydrogen) atoms. The molecule has 3 aromatic rings. The molecule has 0 amide bonds. The SMILES string of the molecule is O=c1[nH]c(NCCCCc2ccccc2)ncc1Cc1cccnc1. The molecule has 2 heterocycles. The second-order valence-electron chi connectivity index (χ2n) is 5.99. The van der Waals surface area contributed by atoms with Gasteiger partial charge in [0.1, 0.15) is 0 Å². The number of benzene rings is 1. The predicted molar refractivity (Wildman–Crippen MR) is 99.8 cm³/mol. The largest absolute Gasteiger partial charge is 0.356 e. The Kier molecular flexibility index (Phi) is 5.93. The van der Waals surface area contributed by atoms with E-state index in [2.05, 4.69) is 44.5 Å². The Morgan fingerprint density at radius 2 is 1.80 bits per heavy atom. The van der Waals surface area contributed by atoms with Crippen LogP contribution in [0.3, 0.4) is 0 Å². The molecule has 0 atom stereocenters. The number of aryl methyl sites for hydroxylation is 1. The summed E-state index contributed by atoms with van der Waals surface area (Å²) in [5, 5.41) is 3.18.